The minimum Gasteiger partial charge on any atom is -0.481 e. The lowest BCUT2D eigenvalue weighted by Gasteiger charge is -2.35. The van der Waals surface area contributed by atoms with Crippen molar-refractivity contribution in [1.82, 2.24) is 9.88 Å². The van der Waals surface area contributed by atoms with Crippen LogP contribution in [0.15, 0.2) is 18.3 Å². The van der Waals surface area contributed by atoms with Crippen molar-refractivity contribution >= 4 is 0 Å². The molecule has 0 aromatic carbocycles. The highest BCUT2D eigenvalue weighted by Crippen LogP contribution is 2.23. The number of aromatic nitrogens is 1. The van der Waals surface area contributed by atoms with E-state index in [0.29, 0.717) is 11.8 Å². The maximum atomic E-state index is 9.89. The van der Waals surface area contributed by atoms with Crippen LogP contribution in [0.1, 0.15) is 25.3 Å². The van der Waals surface area contributed by atoms with Crippen LogP contribution in [0.25, 0.3) is 0 Å². The number of methoxy groups -OCH3 is 1. The van der Waals surface area contributed by atoms with Crippen LogP contribution in [0.3, 0.4) is 0 Å². The van der Waals surface area contributed by atoms with Crippen LogP contribution >= 0.6 is 0 Å². The highest BCUT2D eigenvalue weighted by molar-refractivity contribution is 5.25. The monoisotopic (exact) mass is 250 g/mol. The fraction of sp³-hybridized carbons (Fsp3) is 0.643. The molecule has 18 heavy (non-hydrogen) atoms. The molecule has 0 aliphatic carbocycles. The minimum atomic E-state index is -0.137. The van der Waals surface area contributed by atoms with Gasteiger partial charge in [0.25, 0.3) is 0 Å². The number of pyridine rings is 1. The SMILES string of the molecule is CCC1CN(Cc2cccnc2OC)CCC1O. The van der Waals surface area contributed by atoms with Crippen LogP contribution < -0.4 is 4.74 Å². The summed E-state index contributed by atoms with van der Waals surface area (Å²) in [5.41, 5.74) is 1.12. The van der Waals surface area contributed by atoms with Gasteiger partial charge in [0.1, 0.15) is 0 Å². The Morgan fingerprint density at radius 3 is 3.11 bits per heavy atom. The van der Waals surface area contributed by atoms with E-state index in [1.54, 1.807) is 13.3 Å². The summed E-state index contributed by atoms with van der Waals surface area (Å²) in [5, 5.41) is 9.89. The van der Waals surface area contributed by atoms with Crippen LogP contribution in [-0.2, 0) is 6.54 Å². The summed E-state index contributed by atoms with van der Waals surface area (Å²) in [6.45, 7) is 4.88. The van der Waals surface area contributed by atoms with Crippen molar-refractivity contribution in [2.75, 3.05) is 20.2 Å². The summed E-state index contributed by atoms with van der Waals surface area (Å²) in [4.78, 5) is 6.59. The molecule has 1 saturated heterocycles. The van der Waals surface area contributed by atoms with Gasteiger partial charge in [-0.15, -0.1) is 0 Å². The minimum absolute atomic E-state index is 0.137. The molecule has 4 nitrogen and oxygen atoms in total. The Hall–Kier alpha value is -1.13. The van der Waals surface area contributed by atoms with Crippen LogP contribution in [-0.4, -0.2) is 41.3 Å². The van der Waals surface area contributed by atoms with Gasteiger partial charge in [-0.2, -0.15) is 0 Å². The Balaban J connectivity index is 2.01. The van der Waals surface area contributed by atoms with Crippen LogP contribution in [0.5, 0.6) is 5.88 Å². The Bertz CT molecular complexity index is 384. The quantitative estimate of drug-likeness (QED) is 0.883. The largest absolute Gasteiger partial charge is 0.481 e. The van der Waals surface area contributed by atoms with Gasteiger partial charge in [-0.05, 0) is 24.8 Å². The molecule has 0 amide bonds. The first-order valence-corrected chi connectivity index (χ1v) is 6.63. The van der Waals surface area contributed by atoms with Crippen LogP contribution in [0, 0.1) is 5.92 Å². The van der Waals surface area contributed by atoms with Crippen molar-refractivity contribution in [2.24, 2.45) is 5.92 Å². The molecule has 1 aromatic rings. The maximum Gasteiger partial charge on any atom is 0.217 e. The third kappa shape index (κ3) is 3.00. The first-order valence-electron chi connectivity index (χ1n) is 6.63. The molecular formula is C14H22N2O2. The second kappa shape index (κ2) is 6.16. The molecule has 2 unspecified atom stereocenters. The number of nitrogens with zero attached hydrogens (tertiary/aromatic N) is 2. The molecule has 0 spiro atoms. The van der Waals surface area contributed by atoms with Crippen molar-refractivity contribution in [2.45, 2.75) is 32.4 Å². The summed E-state index contributed by atoms with van der Waals surface area (Å²) >= 11 is 0. The van der Waals surface area contributed by atoms with E-state index < -0.39 is 0 Å². The number of aliphatic hydroxyl groups is 1. The number of piperidine rings is 1. The molecule has 0 bridgehead atoms. The highest BCUT2D eigenvalue weighted by atomic mass is 16.5. The van der Waals surface area contributed by atoms with Crippen molar-refractivity contribution < 1.29 is 9.84 Å². The van der Waals surface area contributed by atoms with E-state index in [1.807, 2.05) is 6.07 Å². The normalized spacial score (nSPS) is 25.1. The molecule has 4 heteroatoms. The lowest BCUT2D eigenvalue weighted by atomic mass is 9.92. The standard InChI is InChI=1S/C14H22N2O2/c1-3-11-9-16(8-6-13(11)17)10-12-5-4-7-15-14(12)18-2/h4-5,7,11,13,17H,3,6,8-10H2,1-2H3. The molecule has 2 atom stereocenters. The number of hydrogen-bond acceptors (Lipinski definition) is 4. The molecule has 0 radical (unpaired) electrons. The number of hydrogen-bond donors (Lipinski definition) is 1. The predicted molar refractivity (Wildman–Crippen MR) is 70.5 cm³/mol. The Morgan fingerprint density at radius 1 is 1.56 bits per heavy atom. The van der Waals surface area contributed by atoms with E-state index in [4.69, 9.17) is 4.74 Å². The van der Waals surface area contributed by atoms with Crippen LogP contribution in [0.2, 0.25) is 0 Å². The zero-order valence-corrected chi connectivity index (χ0v) is 11.2. The fourth-order valence-corrected chi connectivity index (χ4v) is 2.61. The highest BCUT2D eigenvalue weighted by Gasteiger charge is 2.26. The Labute approximate surface area is 109 Å². The number of likely N-dealkylation sites (tertiary alicyclic amines) is 1. The van der Waals surface area contributed by atoms with Gasteiger partial charge in [-0.3, -0.25) is 4.90 Å². The first kappa shape index (κ1) is 13.3. The Kier molecular flexibility index (Phi) is 4.55. The molecule has 1 aliphatic rings. The summed E-state index contributed by atoms with van der Waals surface area (Å²) in [6, 6.07) is 3.99. The van der Waals surface area contributed by atoms with Gasteiger partial charge < -0.3 is 9.84 Å². The smallest absolute Gasteiger partial charge is 0.217 e. The van der Waals surface area contributed by atoms with Crippen molar-refractivity contribution in [3.8, 4) is 5.88 Å². The van der Waals surface area contributed by atoms with Gasteiger partial charge in [-0.1, -0.05) is 13.0 Å². The van der Waals surface area contributed by atoms with Crippen molar-refractivity contribution in [3.05, 3.63) is 23.9 Å². The van der Waals surface area contributed by atoms with E-state index in [2.05, 4.69) is 22.9 Å². The average molecular weight is 250 g/mol. The van der Waals surface area contributed by atoms with E-state index in [1.165, 1.54) is 0 Å². The number of rotatable bonds is 4. The molecule has 1 aliphatic heterocycles. The van der Waals surface area contributed by atoms with Gasteiger partial charge in [0, 0.05) is 31.4 Å². The summed E-state index contributed by atoms with van der Waals surface area (Å²) in [6.07, 6.45) is 3.50. The lowest BCUT2D eigenvalue weighted by molar-refractivity contribution is 0.0219. The van der Waals surface area contributed by atoms with E-state index >= 15 is 0 Å². The van der Waals surface area contributed by atoms with Gasteiger partial charge in [0.2, 0.25) is 5.88 Å². The molecule has 0 saturated carbocycles. The summed E-state index contributed by atoms with van der Waals surface area (Å²) in [5.74, 6) is 1.10. The maximum absolute atomic E-state index is 9.89. The molecule has 100 valence electrons. The van der Waals surface area contributed by atoms with Crippen molar-refractivity contribution in [3.63, 3.8) is 0 Å². The predicted octanol–water partition coefficient (Wildman–Crippen LogP) is 1.68. The van der Waals surface area contributed by atoms with Gasteiger partial charge in [-0.25, -0.2) is 4.98 Å². The van der Waals surface area contributed by atoms with E-state index in [-0.39, 0.29) is 6.10 Å². The van der Waals surface area contributed by atoms with Gasteiger partial charge >= 0.3 is 0 Å². The zero-order chi connectivity index (χ0) is 13.0. The molecule has 2 heterocycles. The molecule has 1 N–H and O–H groups in total. The van der Waals surface area contributed by atoms with Crippen molar-refractivity contribution in [1.29, 1.82) is 0 Å². The topological polar surface area (TPSA) is 45.6 Å². The number of aliphatic hydroxyl groups excluding tert-OH is 1. The second-order valence-corrected chi connectivity index (χ2v) is 4.93. The second-order valence-electron chi connectivity index (χ2n) is 4.93. The molecule has 2 rings (SSSR count). The van der Waals surface area contributed by atoms with E-state index in [0.717, 1.165) is 38.0 Å². The molecular weight excluding hydrogens is 228 g/mol. The molecule has 1 aromatic heterocycles. The first-order chi connectivity index (χ1) is 8.74. The third-order valence-electron chi connectivity index (χ3n) is 3.74. The fourth-order valence-electron chi connectivity index (χ4n) is 2.61. The van der Waals surface area contributed by atoms with Crippen LogP contribution in [0.4, 0.5) is 0 Å². The zero-order valence-electron chi connectivity index (χ0n) is 11.2. The Morgan fingerprint density at radius 2 is 2.39 bits per heavy atom. The summed E-state index contributed by atoms with van der Waals surface area (Å²) < 4.78 is 5.27. The lowest BCUT2D eigenvalue weighted by Crippen LogP contribution is -2.42. The van der Waals surface area contributed by atoms with Gasteiger partial charge in [0.15, 0.2) is 0 Å². The molecule has 1 fully saturated rings. The van der Waals surface area contributed by atoms with E-state index in [9.17, 15) is 5.11 Å². The number of ether oxygens (including phenoxy) is 1. The van der Waals surface area contributed by atoms with Gasteiger partial charge in [0.05, 0.1) is 13.2 Å². The average Bonchev–Trinajstić information content (AvgIpc) is 2.41. The third-order valence-corrected chi connectivity index (χ3v) is 3.74. The summed E-state index contributed by atoms with van der Waals surface area (Å²) in [7, 11) is 1.65.